The first-order valence-electron chi connectivity index (χ1n) is 7.67. The van der Waals surface area contributed by atoms with Gasteiger partial charge in [0.1, 0.15) is 5.82 Å². The largest absolute Gasteiger partial charge is 0.381 e. The van der Waals surface area contributed by atoms with Crippen molar-refractivity contribution in [2.45, 2.75) is 25.2 Å². The van der Waals surface area contributed by atoms with Crippen molar-refractivity contribution in [3.05, 3.63) is 41.9 Å². The van der Waals surface area contributed by atoms with E-state index in [9.17, 15) is 0 Å². The molecule has 1 atom stereocenters. The number of ether oxygens (including phenoxy) is 1. The van der Waals surface area contributed by atoms with E-state index in [0.717, 1.165) is 56.2 Å². The van der Waals surface area contributed by atoms with E-state index in [1.54, 1.807) is 0 Å². The first kappa shape index (κ1) is 14.7. The lowest BCUT2D eigenvalue weighted by molar-refractivity contribution is 0.193. The number of nitrogen functional groups attached to an aromatic ring is 1. The van der Waals surface area contributed by atoms with Crippen LogP contribution >= 0.6 is 0 Å². The van der Waals surface area contributed by atoms with Crippen LogP contribution in [-0.2, 0) is 11.2 Å². The number of anilines is 2. The molecule has 0 aliphatic carbocycles. The first-order valence-corrected chi connectivity index (χ1v) is 7.67. The summed E-state index contributed by atoms with van der Waals surface area (Å²) >= 11 is 0. The van der Waals surface area contributed by atoms with Gasteiger partial charge in [0, 0.05) is 37.0 Å². The zero-order chi connectivity index (χ0) is 15.2. The monoisotopic (exact) mass is 299 g/mol. The summed E-state index contributed by atoms with van der Waals surface area (Å²) in [5.74, 6) is 1.44. The van der Waals surface area contributed by atoms with E-state index in [1.165, 1.54) is 0 Å². The minimum Gasteiger partial charge on any atom is -0.381 e. The number of hydrogen-bond acceptors (Lipinski definition) is 6. The molecule has 1 fully saturated rings. The number of aromatic nitrogens is 3. The molecule has 1 aliphatic heterocycles. The molecular formula is C16H21N5O. The maximum Gasteiger partial charge on any atom is 0.222 e. The molecule has 0 radical (unpaired) electrons. The molecule has 22 heavy (non-hydrogen) atoms. The Balaban J connectivity index is 1.53. The lowest BCUT2D eigenvalue weighted by Gasteiger charge is -2.11. The lowest BCUT2D eigenvalue weighted by atomic mass is 10.0. The van der Waals surface area contributed by atoms with E-state index in [-0.39, 0.29) is 0 Å². The molecule has 1 aliphatic rings. The molecule has 3 heterocycles. The van der Waals surface area contributed by atoms with Crippen LogP contribution in [0.25, 0.3) is 0 Å². The second-order valence-electron chi connectivity index (χ2n) is 5.45. The fourth-order valence-electron chi connectivity index (χ4n) is 2.58. The SMILES string of the molecule is Nc1nc(NCCCc2ccccn2)cc([C@H]2CCOC2)n1. The fraction of sp³-hybridized carbons (Fsp3) is 0.438. The average molecular weight is 299 g/mol. The minimum absolute atomic E-state index is 0.316. The Morgan fingerprint density at radius 1 is 1.32 bits per heavy atom. The zero-order valence-corrected chi connectivity index (χ0v) is 12.5. The van der Waals surface area contributed by atoms with Crippen LogP contribution in [0.2, 0.25) is 0 Å². The molecule has 0 unspecified atom stereocenters. The summed E-state index contributed by atoms with van der Waals surface area (Å²) in [5.41, 5.74) is 7.89. The van der Waals surface area contributed by atoms with Crippen molar-refractivity contribution in [1.82, 2.24) is 15.0 Å². The van der Waals surface area contributed by atoms with E-state index in [0.29, 0.717) is 11.9 Å². The molecule has 0 saturated carbocycles. The average Bonchev–Trinajstić information content (AvgIpc) is 3.07. The van der Waals surface area contributed by atoms with E-state index >= 15 is 0 Å². The van der Waals surface area contributed by atoms with Crippen molar-refractivity contribution in [1.29, 1.82) is 0 Å². The molecule has 0 bridgehead atoms. The maximum atomic E-state index is 5.81. The van der Waals surface area contributed by atoms with Crippen LogP contribution in [0.1, 0.15) is 30.1 Å². The Labute approximate surface area is 130 Å². The van der Waals surface area contributed by atoms with Crippen LogP contribution in [0.5, 0.6) is 0 Å². The Morgan fingerprint density at radius 2 is 2.27 bits per heavy atom. The Morgan fingerprint density at radius 3 is 3.05 bits per heavy atom. The molecule has 6 nitrogen and oxygen atoms in total. The van der Waals surface area contributed by atoms with Crippen LogP contribution < -0.4 is 11.1 Å². The van der Waals surface area contributed by atoms with Gasteiger partial charge >= 0.3 is 0 Å². The molecule has 116 valence electrons. The number of nitrogens with one attached hydrogen (secondary N) is 1. The number of rotatable bonds is 6. The third kappa shape index (κ3) is 3.92. The molecule has 0 amide bonds. The number of pyridine rings is 1. The summed E-state index contributed by atoms with van der Waals surface area (Å²) in [5, 5.41) is 3.32. The molecule has 1 saturated heterocycles. The van der Waals surface area contributed by atoms with Gasteiger partial charge in [-0.15, -0.1) is 0 Å². The van der Waals surface area contributed by atoms with E-state index in [2.05, 4.69) is 20.3 Å². The van der Waals surface area contributed by atoms with Crippen molar-refractivity contribution in [3.63, 3.8) is 0 Å². The van der Waals surface area contributed by atoms with Crippen LogP contribution in [0.4, 0.5) is 11.8 Å². The number of nitrogens with two attached hydrogens (primary N) is 1. The maximum absolute atomic E-state index is 5.81. The van der Waals surface area contributed by atoms with Crippen molar-refractivity contribution in [2.24, 2.45) is 0 Å². The summed E-state index contributed by atoms with van der Waals surface area (Å²) in [6, 6.07) is 7.97. The standard InChI is InChI=1S/C16H21N5O/c17-16-20-14(12-6-9-22-11-12)10-15(21-16)19-8-3-5-13-4-1-2-7-18-13/h1-2,4,7,10,12H,3,5-6,8-9,11H2,(H3,17,19,20,21)/t12-/m0/s1. The van der Waals surface area contributed by atoms with Crippen LogP contribution in [0, 0.1) is 0 Å². The fourth-order valence-corrected chi connectivity index (χ4v) is 2.58. The third-order valence-corrected chi connectivity index (χ3v) is 3.75. The van der Waals surface area contributed by atoms with Crippen LogP contribution in [0.15, 0.2) is 30.5 Å². The quantitative estimate of drug-likeness (QED) is 0.794. The van der Waals surface area contributed by atoms with Crippen molar-refractivity contribution in [3.8, 4) is 0 Å². The molecule has 3 N–H and O–H groups in total. The number of hydrogen-bond donors (Lipinski definition) is 2. The minimum atomic E-state index is 0.316. The zero-order valence-electron chi connectivity index (χ0n) is 12.5. The van der Waals surface area contributed by atoms with Gasteiger partial charge in [0.15, 0.2) is 0 Å². The van der Waals surface area contributed by atoms with Crippen molar-refractivity contribution in [2.75, 3.05) is 30.8 Å². The van der Waals surface area contributed by atoms with Crippen molar-refractivity contribution < 1.29 is 4.74 Å². The predicted octanol–water partition coefficient (Wildman–Crippen LogP) is 2.00. The molecule has 6 heteroatoms. The summed E-state index contributed by atoms with van der Waals surface area (Å²) in [6.07, 6.45) is 4.75. The van der Waals surface area contributed by atoms with Gasteiger partial charge in [-0.05, 0) is 31.4 Å². The van der Waals surface area contributed by atoms with Gasteiger partial charge in [-0.3, -0.25) is 4.98 Å². The highest BCUT2D eigenvalue weighted by Crippen LogP contribution is 2.25. The van der Waals surface area contributed by atoms with Crippen LogP contribution in [0.3, 0.4) is 0 Å². The topological polar surface area (TPSA) is 86.0 Å². The van der Waals surface area contributed by atoms with E-state index < -0.39 is 0 Å². The summed E-state index contributed by atoms with van der Waals surface area (Å²) in [4.78, 5) is 12.9. The van der Waals surface area contributed by atoms with E-state index in [1.807, 2.05) is 30.5 Å². The second-order valence-corrected chi connectivity index (χ2v) is 5.45. The van der Waals surface area contributed by atoms with Gasteiger partial charge in [-0.2, -0.15) is 4.98 Å². The highest BCUT2D eigenvalue weighted by Gasteiger charge is 2.20. The molecule has 2 aromatic rings. The highest BCUT2D eigenvalue weighted by atomic mass is 16.5. The van der Waals surface area contributed by atoms with Gasteiger partial charge in [0.25, 0.3) is 0 Å². The van der Waals surface area contributed by atoms with Crippen LogP contribution in [-0.4, -0.2) is 34.7 Å². The first-order chi connectivity index (χ1) is 10.8. The molecule has 0 aromatic carbocycles. The normalized spacial score (nSPS) is 17.5. The van der Waals surface area contributed by atoms with E-state index in [4.69, 9.17) is 10.5 Å². The Bertz CT molecular complexity index is 599. The molecule has 2 aromatic heterocycles. The van der Waals surface area contributed by atoms with Gasteiger partial charge < -0.3 is 15.8 Å². The van der Waals surface area contributed by atoms with Crippen molar-refractivity contribution >= 4 is 11.8 Å². The summed E-state index contributed by atoms with van der Waals surface area (Å²) in [7, 11) is 0. The summed E-state index contributed by atoms with van der Waals surface area (Å²) in [6.45, 7) is 2.34. The summed E-state index contributed by atoms with van der Waals surface area (Å²) < 4.78 is 5.41. The Kier molecular flexibility index (Phi) is 4.80. The smallest absolute Gasteiger partial charge is 0.222 e. The molecular weight excluding hydrogens is 278 g/mol. The van der Waals surface area contributed by atoms with Gasteiger partial charge in [0.2, 0.25) is 5.95 Å². The second kappa shape index (κ2) is 7.17. The van der Waals surface area contributed by atoms with Gasteiger partial charge in [-0.25, -0.2) is 4.98 Å². The number of nitrogens with zero attached hydrogens (tertiary/aromatic N) is 3. The molecule has 3 rings (SSSR count). The third-order valence-electron chi connectivity index (χ3n) is 3.75. The molecule has 0 spiro atoms. The highest BCUT2D eigenvalue weighted by molar-refractivity contribution is 5.41. The number of aryl methyl sites for hydroxylation is 1. The lowest BCUT2D eigenvalue weighted by Crippen LogP contribution is -2.10. The van der Waals surface area contributed by atoms with Gasteiger partial charge in [-0.1, -0.05) is 6.07 Å². The predicted molar refractivity (Wildman–Crippen MR) is 85.7 cm³/mol. The Hall–Kier alpha value is -2.21. The van der Waals surface area contributed by atoms with Gasteiger partial charge in [0.05, 0.1) is 12.3 Å².